The first-order valence-electron chi connectivity index (χ1n) is 5.73. The van der Waals surface area contributed by atoms with Crippen LogP contribution in [0.25, 0.3) is 5.13 Å². The Labute approximate surface area is 118 Å². The predicted molar refractivity (Wildman–Crippen MR) is 69.1 cm³/mol. The molecule has 0 saturated carbocycles. The average Bonchev–Trinajstić information content (AvgIpc) is 3.05. The minimum Gasteiger partial charge on any atom is -0.461 e. The molecule has 9 heteroatoms. The van der Waals surface area contributed by atoms with Gasteiger partial charge in [0.1, 0.15) is 11.6 Å². The zero-order chi connectivity index (χ0) is 14.5. The molecule has 0 spiro atoms. The number of aromatic nitrogens is 4. The molecule has 0 aliphatic rings. The van der Waals surface area contributed by atoms with Gasteiger partial charge in [0, 0.05) is 13.3 Å². The Kier molecular flexibility index (Phi) is 4.53. The van der Waals surface area contributed by atoms with Crippen molar-refractivity contribution < 1.29 is 19.1 Å². The van der Waals surface area contributed by atoms with E-state index < -0.39 is 5.97 Å². The normalized spacial score (nSPS) is 10.5. The minimum absolute atomic E-state index is 0.0367. The van der Waals surface area contributed by atoms with Gasteiger partial charge in [0.15, 0.2) is 12.0 Å². The Morgan fingerprint density at radius 1 is 1.50 bits per heavy atom. The predicted octanol–water partition coefficient (Wildman–Crippen LogP) is 0.859. The lowest BCUT2D eigenvalue weighted by Gasteiger charge is -1.97. The molecule has 8 nitrogen and oxygen atoms in total. The molecule has 2 aromatic rings. The van der Waals surface area contributed by atoms with Crippen LogP contribution in [-0.2, 0) is 16.1 Å². The highest BCUT2D eigenvalue weighted by Crippen LogP contribution is 2.17. The molecular formula is C11H12N4O4S. The lowest BCUT2D eigenvalue weighted by molar-refractivity contribution is 0.0517. The third-order valence-corrected chi connectivity index (χ3v) is 3.14. The van der Waals surface area contributed by atoms with Crippen LogP contribution in [-0.4, -0.2) is 45.9 Å². The standard InChI is InChI=1S/C11H12N4O4S/c1-3-19-10(17)9-7(5-16)4-15(14-9)11-13-12-8(20-11)6-18-2/h4-5H,3,6H2,1-2H3. The van der Waals surface area contributed by atoms with Crippen molar-refractivity contribution in [1.29, 1.82) is 0 Å². The van der Waals surface area contributed by atoms with Crippen LogP contribution in [0.2, 0.25) is 0 Å². The molecule has 0 saturated heterocycles. The number of nitrogens with zero attached hydrogens (tertiary/aromatic N) is 4. The summed E-state index contributed by atoms with van der Waals surface area (Å²) in [6.45, 7) is 2.22. The fourth-order valence-electron chi connectivity index (χ4n) is 1.45. The molecule has 106 valence electrons. The number of methoxy groups -OCH3 is 1. The highest BCUT2D eigenvalue weighted by molar-refractivity contribution is 7.13. The molecule has 0 bridgehead atoms. The molecule has 2 heterocycles. The maximum Gasteiger partial charge on any atom is 0.359 e. The van der Waals surface area contributed by atoms with Crippen molar-refractivity contribution in [3.8, 4) is 5.13 Å². The Hall–Kier alpha value is -2.13. The van der Waals surface area contributed by atoms with Crippen LogP contribution in [0.15, 0.2) is 6.20 Å². The summed E-state index contributed by atoms with van der Waals surface area (Å²) in [6, 6.07) is 0. The number of carbonyl (C=O) groups excluding carboxylic acids is 2. The third-order valence-electron chi connectivity index (χ3n) is 2.26. The van der Waals surface area contributed by atoms with E-state index in [0.717, 1.165) is 0 Å². The van der Waals surface area contributed by atoms with Crippen molar-refractivity contribution in [2.24, 2.45) is 0 Å². The van der Waals surface area contributed by atoms with Crippen LogP contribution < -0.4 is 0 Å². The van der Waals surface area contributed by atoms with E-state index >= 15 is 0 Å². The fourth-order valence-corrected chi connectivity index (χ4v) is 2.19. The van der Waals surface area contributed by atoms with E-state index in [-0.39, 0.29) is 17.9 Å². The monoisotopic (exact) mass is 296 g/mol. The Morgan fingerprint density at radius 2 is 2.30 bits per heavy atom. The summed E-state index contributed by atoms with van der Waals surface area (Å²) in [4.78, 5) is 22.6. The van der Waals surface area contributed by atoms with E-state index in [1.54, 1.807) is 14.0 Å². The first-order valence-corrected chi connectivity index (χ1v) is 6.54. The zero-order valence-corrected chi connectivity index (χ0v) is 11.7. The SMILES string of the molecule is CCOC(=O)c1nn(-c2nnc(COC)s2)cc1C=O. The quantitative estimate of drug-likeness (QED) is 0.576. The summed E-state index contributed by atoms with van der Waals surface area (Å²) in [5.41, 5.74) is 0.109. The Balaban J connectivity index is 2.32. The van der Waals surface area contributed by atoms with Gasteiger partial charge < -0.3 is 9.47 Å². The topological polar surface area (TPSA) is 96.2 Å². The first-order chi connectivity index (χ1) is 9.69. The number of carbonyl (C=O) groups is 2. The second-order valence-electron chi connectivity index (χ2n) is 3.63. The van der Waals surface area contributed by atoms with Gasteiger partial charge in [-0.25, -0.2) is 9.48 Å². The molecule has 0 radical (unpaired) electrons. The molecule has 0 unspecified atom stereocenters. The summed E-state index contributed by atoms with van der Waals surface area (Å²) < 4.78 is 11.1. The largest absolute Gasteiger partial charge is 0.461 e. The number of hydrogen-bond acceptors (Lipinski definition) is 8. The molecule has 0 aliphatic carbocycles. The van der Waals surface area contributed by atoms with Crippen LogP contribution in [0.5, 0.6) is 0 Å². The molecule has 0 N–H and O–H groups in total. The van der Waals surface area contributed by atoms with Gasteiger partial charge in [-0.05, 0) is 6.92 Å². The van der Waals surface area contributed by atoms with Crippen molar-refractivity contribution in [2.45, 2.75) is 13.5 Å². The van der Waals surface area contributed by atoms with Crippen molar-refractivity contribution >= 4 is 23.6 Å². The number of esters is 1. The molecule has 0 aliphatic heterocycles. The zero-order valence-electron chi connectivity index (χ0n) is 10.9. The van der Waals surface area contributed by atoms with Crippen molar-refractivity contribution in [1.82, 2.24) is 20.0 Å². The van der Waals surface area contributed by atoms with Gasteiger partial charge in [0.05, 0.1) is 12.2 Å². The molecule has 2 rings (SSSR count). The summed E-state index contributed by atoms with van der Waals surface area (Å²) >= 11 is 1.25. The maximum absolute atomic E-state index is 11.7. The van der Waals surface area contributed by atoms with Crippen LogP contribution >= 0.6 is 11.3 Å². The van der Waals surface area contributed by atoms with Crippen LogP contribution in [0.1, 0.15) is 32.8 Å². The average molecular weight is 296 g/mol. The number of rotatable bonds is 6. The summed E-state index contributed by atoms with van der Waals surface area (Å²) in [5, 5.41) is 13.0. The highest BCUT2D eigenvalue weighted by atomic mass is 32.1. The maximum atomic E-state index is 11.7. The molecule has 2 aromatic heterocycles. The van der Waals surface area contributed by atoms with Crippen molar-refractivity contribution in [2.75, 3.05) is 13.7 Å². The van der Waals surface area contributed by atoms with E-state index in [0.29, 0.717) is 23.0 Å². The van der Waals surface area contributed by atoms with E-state index in [1.807, 2.05) is 0 Å². The molecule has 0 amide bonds. The van der Waals surface area contributed by atoms with E-state index in [9.17, 15) is 9.59 Å². The second-order valence-corrected chi connectivity index (χ2v) is 4.67. The van der Waals surface area contributed by atoms with Crippen LogP contribution in [0.4, 0.5) is 0 Å². The fraction of sp³-hybridized carbons (Fsp3) is 0.364. The first kappa shape index (κ1) is 14.3. The third kappa shape index (κ3) is 2.89. The lowest BCUT2D eigenvalue weighted by Crippen LogP contribution is -2.08. The summed E-state index contributed by atoms with van der Waals surface area (Å²) in [5.74, 6) is -0.644. The van der Waals surface area contributed by atoms with Gasteiger partial charge in [-0.1, -0.05) is 11.3 Å². The minimum atomic E-state index is -0.644. The van der Waals surface area contributed by atoms with Gasteiger partial charge in [-0.2, -0.15) is 5.10 Å². The van der Waals surface area contributed by atoms with Gasteiger partial charge >= 0.3 is 5.97 Å². The van der Waals surface area contributed by atoms with Gasteiger partial charge in [-0.3, -0.25) is 4.79 Å². The Morgan fingerprint density at radius 3 is 2.95 bits per heavy atom. The second kappa shape index (κ2) is 6.35. The number of aldehydes is 1. The number of ether oxygens (including phenoxy) is 2. The molecule has 0 fully saturated rings. The van der Waals surface area contributed by atoms with Gasteiger partial charge in [-0.15, -0.1) is 10.2 Å². The van der Waals surface area contributed by atoms with Crippen molar-refractivity contribution in [3.63, 3.8) is 0 Å². The van der Waals surface area contributed by atoms with Gasteiger partial charge in [0.2, 0.25) is 5.13 Å². The van der Waals surface area contributed by atoms with E-state index in [1.165, 1.54) is 22.2 Å². The van der Waals surface area contributed by atoms with E-state index in [2.05, 4.69) is 15.3 Å². The summed E-state index contributed by atoms with van der Waals surface area (Å²) in [7, 11) is 1.55. The smallest absolute Gasteiger partial charge is 0.359 e. The molecule has 0 aromatic carbocycles. The number of hydrogen-bond donors (Lipinski definition) is 0. The Bertz CT molecular complexity index is 622. The summed E-state index contributed by atoms with van der Waals surface area (Å²) in [6.07, 6.45) is 1.96. The highest BCUT2D eigenvalue weighted by Gasteiger charge is 2.19. The van der Waals surface area contributed by atoms with E-state index in [4.69, 9.17) is 9.47 Å². The van der Waals surface area contributed by atoms with Crippen LogP contribution in [0.3, 0.4) is 0 Å². The van der Waals surface area contributed by atoms with Gasteiger partial charge in [0.25, 0.3) is 0 Å². The van der Waals surface area contributed by atoms with Crippen LogP contribution in [0, 0.1) is 0 Å². The molecule has 20 heavy (non-hydrogen) atoms. The lowest BCUT2D eigenvalue weighted by atomic mass is 10.3. The van der Waals surface area contributed by atoms with Crippen molar-refractivity contribution in [3.05, 3.63) is 22.5 Å². The molecule has 0 atom stereocenters. The molecular weight excluding hydrogens is 284 g/mol.